The molecule has 0 aromatic heterocycles. The maximum absolute atomic E-state index is 13.4. The number of aliphatic imine (C=N–C) groups is 1. The number of hydrogen-bond donors (Lipinski definition) is 1. The average molecular weight is 492 g/mol. The Hall–Kier alpha value is -3.65. The van der Waals surface area contributed by atoms with Gasteiger partial charge >= 0.3 is 0 Å². The molecule has 0 bridgehead atoms. The van der Waals surface area contributed by atoms with Crippen molar-refractivity contribution in [2.24, 2.45) is 4.99 Å². The number of ether oxygens (including phenoxy) is 1. The second-order valence-corrected chi connectivity index (χ2v) is 9.35. The Morgan fingerprint density at radius 1 is 1.14 bits per heavy atom. The van der Waals surface area contributed by atoms with Gasteiger partial charge in [0.05, 0.1) is 12.8 Å². The van der Waals surface area contributed by atoms with Crippen LogP contribution in [0.2, 0.25) is 0 Å². The van der Waals surface area contributed by atoms with Crippen LogP contribution in [0.25, 0.3) is 0 Å². The summed E-state index contributed by atoms with van der Waals surface area (Å²) in [5, 5.41) is 2.70. The molecule has 0 aliphatic carbocycles. The first-order valence-corrected chi connectivity index (χ1v) is 12.1. The Balaban J connectivity index is 1.54. The molecule has 1 aliphatic rings. The number of aryl methyl sites for hydroxylation is 1. The predicted octanol–water partition coefficient (Wildman–Crippen LogP) is 5.35. The maximum atomic E-state index is 13.4. The number of anilines is 1. The van der Waals surface area contributed by atoms with Gasteiger partial charge in [0.15, 0.2) is 5.17 Å². The Kier molecular flexibility index (Phi) is 7.82. The van der Waals surface area contributed by atoms with E-state index in [0.717, 1.165) is 16.9 Å². The van der Waals surface area contributed by atoms with Gasteiger partial charge in [-0.15, -0.1) is 0 Å². The highest BCUT2D eigenvalue weighted by atomic mass is 32.2. The molecule has 0 spiro atoms. The minimum atomic E-state index is -0.626. The van der Waals surface area contributed by atoms with Crippen LogP contribution in [0.15, 0.2) is 77.8 Å². The molecule has 1 saturated heterocycles. The third-order valence-electron chi connectivity index (χ3n) is 5.55. The summed E-state index contributed by atoms with van der Waals surface area (Å²) >= 11 is 1.24. The summed E-state index contributed by atoms with van der Waals surface area (Å²) in [6, 6.07) is 20.9. The van der Waals surface area contributed by atoms with Crippen molar-refractivity contribution < 1.29 is 18.7 Å². The quantitative estimate of drug-likeness (QED) is 0.484. The van der Waals surface area contributed by atoms with E-state index < -0.39 is 5.25 Å². The molecule has 1 heterocycles. The fraction of sp³-hybridized carbons (Fsp3) is 0.222. The van der Waals surface area contributed by atoms with E-state index in [1.165, 1.54) is 23.9 Å². The number of nitrogens with one attached hydrogen (secondary N) is 1. The fourth-order valence-electron chi connectivity index (χ4n) is 3.67. The van der Waals surface area contributed by atoms with Crippen LogP contribution in [0, 0.1) is 12.7 Å². The van der Waals surface area contributed by atoms with Crippen LogP contribution in [-0.4, -0.2) is 40.8 Å². The summed E-state index contributed by atoms with van der Waals surface area (Å²) in [6.45, 7) is 2.35. The number of nitrogens with zero attached hydrogens (tertiary/aromatic N) is 2. The number of thioether (sulfide) groups is 1. The molecule has 1 aliphatic heterocycles. The molecule has 8 heteroatoms. The van der Waals surface area contributed by atoms with E-state index in [4.69, 9.17) is 4.74 Å². The zero-order valence-electron chi connectivity index (χ0n) is 19.5. The van der Waals surface area contributed by atoms with Crippen LogP contribution >= 0.6 is 11.8 Å². The molecule has 0 saturated carbocycles. The smallest absolute Gasteiger partial charge is 0.238 e. The summed E-state index contributed by atoms with van der Waals surface area (Å²) in [5.41, 5.74) is 3.26. The average Bonchev–Trinajstić information content (AvgIpc) is 2.85. The second-order valence-electron chi connectivity index (χ2n) is 8.18. The van der Waals surface area contributed by atoms with E-state index in [-0.39, 0.29) is 24.1 Å². The molecule has 180 valence electrons. The highest BCUT2D eigenvalue weighted by Crippen LogP contribution is 2.30. The van der Waals surface area contributed by atoms with E-state index in [1.54, 1.807) is 24.1 Å². The van der Waals surface area contributed by atoms with Crippen molar-refractivity contribution in [2.75, 3.05) is 19.0 Å². The monoisotopic (exact) mass is 491 g/mol. The molecule has 3 aromatic carbocycles. The van der Waals surface area contributed by atoms with Crippen LogP contribution in [0.5, 0.6) is 5.75 Å². The Labute approximate surface area is 208 Å². The van der Waals surface area contributed by atoms with Gasteiger partial charge in [0.2, 0.25) is 11.8 Å². The van der Waals surface area contributed by atoms with Crippen LogP contribution in [0.3, 0.4) is 0 Å². The number of benzene rings is 3. The molecule has 2 amide bonds. The number of carbonyl (C=O) groups excluding carboxylic acids is 2. The number of amides is 2. The Morgan fingerprint density at radius 2 is 1.89 bits per heavy atom. The third-order valence-corrected chi connectivity index (χ3v) is 6.74. The number of amidine groups is 1. The lowest BCUT2D eigenvalue weighted by Gasteiger charge is -2.32. The first kappa shape index (κ1) is 24.5. The van der Waals surface area contributed by atoms with Gasteiger partial charge in [0.1, 0.15) is 16.8 Å². The first-order valence-electron chi connectivity index (χ1n) is 11.2. The van der Waals surface area contributed by atoms with Gasteiger partial charge in [-0.05, 0) is 73.0 Å². The van der Waals surface area contributed by atoms with Crippen LogP contribution < -0.4 is 10.1 Å². The standard InChI is InChI=1S/C27H26FN3O3S/c1-18-4-3-5-22(16-18)29-26(33)24-17-25(32)31(15-14-19-6-12-23(34-2)13-7-19)27(35-24)30-21-10-8-20(28)9-11-21/h3-13,16,24H,14-15,17H2,1-2H3,(H,29,33)/t24-/m0/s1. The first-order chi connectivity index (χ1) is 16.9. The minimum absolute atomic E-state index is 0.0629. The second kappa shape index (κ2) is 11.2. The topological polar surface area (TPSA) is 71.0 Å². The normalized spacial score (nSPS) is 16.9. The van der Waals surface area contributed by atoms with Gasteiger partial charge in [-0.3, -0.25) is 14.5 Å². The summed E-state index contributed by atoms with van der Waals surface area (Å²) in [5.74, 6) is -0.0365. The van der Waals surface area contributed by atoms with E-state index in [9.17, 15) is 14.0 Å². The number of hydrogen-bond acceptors (Lipinski definition) is 5. The van der Waals surface area contributed by atoms with Gasteiger partial charge in [-0.1, -0.05) is 36.0 Å². The third kappa shape index (κ3) is 6.48. The number of methoxy groups -OCH3 is 1. The molecule has 6 nitrogen and oxygen atoms in total. The minimum Gasteiger partial charge on any atom is -0.497 e. The molecule has 35 heavy (non-hydrogen) atoms. The van der Waals surface area contributed by atoms with Crippen molar-refractivity contribution in [1.29, 1.82) is 0 Å². The highest BCUT2D eigenvalue weighted by molar-refractivity contribution is 8.15. The van der Waals surface area contributed by atoms with Crippen molar-refractivity contribution in [1.82, 2.24) is 4.90 Å². The van der Waals surface area contributed by atoms with Crippen molar-refractivity contribution in [3.63, 3.8) is 0 Å². The zero-order chi connectivity index (χ0) is 24.8. The molecule has 4 rings (SSSR count). The highest BCUT2D eigenvalue weighted by Gasteiger charge is 2.35. The number of halogens is 1. The van der Waals surface area contributed by atoms with Crippen molar-refractivity contribution >= 4 is 40.1 Å². The van der Waals surface area contributed by atoms with Gasteiger partial charge in [-0.25, -0.2) is 9.38 Å². The van der Waals surface area contributed by atoms with E-state index in [0.29, 0.717) is 29.5 Å². The number of rotatable bonds is 7. The van der Waals surface area contributed by atoms with Crippen LogP contribution in [0.4, 0.5) is 15.8 Å². The molecular weight excluding hydrogens is 465 g/mol. The van der Waals surface area contributed by atoms with Crippen LogP contribution in [0.1, 0.15) is 17.5 Å². The van der Waals surface area contributed by atoms with Gasteiger partial charge < -0.3 is 10.1 Å². The molecule has 1 N–H and O–H groups in total. The van der Waals surface area contributed by atoms with E-state index in [2.05, 4.69) is 10.3 Å². The summed E-state index contributed by atoms with van der Waals surface area (Å²) in [4.78, 5) is 32.4. The summed E-state index contributed by atoms with van der Waals surface area (Å²) in [7, 11) is 1.61. The van der Waals surface area contributed by atoms with E-state index in [1.807, 2.05) is 55.5 Å². The SMILES string of the molecule is COc1ccc(CCN2C(=O)C[C@@H](C(=O)Nc3cccc(C)c3)SC2=Nc2ccc(F)cc2)cc1. The van der Waals surface area contributed by atoms with Crippen molar-refractivity contribution in [3.05, 3.63) is 89.7 Å². The summed E-state index contributed by atoms with van der Waals surface area (Å²) in [6.07, 6.45) is 0.673. The van der Waals surface area contributed by atoms with Crippen LogP contribution in [-0.2, 0) is 16.0 Å². The zero-order valence-corrected chi connectivity index (χ0v) is 20.3. The van der Waals surface area contributed by atoms with Gasteiger partial charge in [0, 0.05) is 18.7 Å². The Bertz CT molecular complexity index is 1230. The van der Waals surface area contributed by atoms with Gasteiger partial charge in [0.25, 0.3) is 0 Å². The summed E-state index contributed by atoms with van der Waals surface area (Å²) < 4.78 is 18.6. The maximum Gasteiger partial charge on any atom is 0.238 e. The van der Waals surface area contributed by atoms with Gasteiger partial charge in [-0.2, -0.15) is 0 Å². The van der Waals surface area contributed by atoms with Crippen molar-refractivity contribution in [2.45, 2.75) is 25.0 Å². The molecule has 3 aromatic rings. The largest absolute Gasteiger partial charge is 0.497 e. The Morgan fingerprint density at radius 3 is 2.57 bits per heavy atom. The van der Waals surface area contributed by atoms with Crippen molar-refractivity contribution in [3.8, 4) is 5.75 Å². The fourth-order valence-corrected chi connectivity index (χ4v) is 4.79. The molecule has 1 atom stereocenters. The lowest BCUT2D eigenvalue weighted by molar-refractivity contribution is -0.129. The predicted molar refractivity (Wildman–Crippen MR) is 138 cm³/mol. The molecule has 1 fully saturated rings. The van der Waals surface area contributed by atoms with E-state index >= 15 is 0 Å². The molecule has 0 unspecified atom stereocenters. The lowest BCUT2D eigenvalue weighted by Crippen LogP contribution is -2.46. The lowest BCUT2D eigenvalue weighted by atomic mass is 10.1. The molecular formula is C27H26FN3O3S. The molecule has 0 radical (unpaired) electrons. The number of carbonyl (C=O) groups is 2.